The van der Waals surface area contributed by atoms with E-state index in [1.165, 1.54) is 18.2 Å². The Morgan fingerprint density at radius 2 is 1.73 bits per heavy atom. The number of ether oxygens (including phenoxy) is 1. The minimum Gasteiger partial charge on any atom is -0.494 e. The first-order valence-corrected chi connectivity index (χ1v) is 12.2. The maximum atomic E-state index is 14.6. The van der Waals surface area contributed by atoms with E-state index in [2.05, 4.69) is 5.32 Å². The third-order valence-electron chi connectivity index (χ3n) is 5.26. The molecule has 3 aromatic rings. The summed E-state index contributed by atoms with van der Waals surface area (Å²) >= 11 is 0. The highest BCUT2D eigenvalue weighted by molar-refractivity contribution is 7.89. The summed E-state index contributed by atoms with van der Waals surface area (Å²) in [6, 6.07) is 20.1. The first-order chi connectivity index (χ1) is 15.8. The number of primary sulfonamides is 1. The molecule has 0 bridgehead atoms. The number of hydrogen-bond acceptors (Lipinski definition) is 4. The van der Waals surface area contributed by atoms with Crippen molar-refractivity contribution in [3.63, 3.8) is 0 Å². The van der Waals surface area contributed by atoms with Gasteiger partial charge in [-0.2, -0.15) is 0 Å². The number of carbonyl (C=O) groups is 1. The summed E-state index contributed by atoms with van der Waals surface area (Å²) in [6.07, 6.45) is 1.40. The van der Waals surface area contributed by atoms with E-state index >= 15 is 0 Å². The summed E-state index contributed by atoms with van der Waals surface area (Å²) in [5.41, 5.74) is 1.92. The van der Waals surface area contributed by atoms with Crippen molar-refractivity contribution in [2.75, 3.05) is 13.2 Å². The SMILES string of the molecule is CC(C(=O)NCCCCOc1ccc(S(N)(=O)=O)cc1)c1ccc(-c2ccccc2)c(F)c1. The number of nitrogens with two attached hydrogens (primary N) is 1. The smallest absolute Gasteiger partial charge is 0.238 e. The molecular weight excluding hydrogens is 443 g/mol. The van der Waals surface area contributed by atoms with E-state index in [0.29, 0.717) is 42.9 Å². The molecule has 0 aromatic heterocycles. The quantitative estimate of drug-likeness (QED) is 0.434. The molecule has 0 saturated heterocycles. The molecular formula is C25H27FN2O4S. The molecule has 1 atom stereocenters. The van der Waals surface area contributed by atoms with Crippen LogP contribution in [0.2, 0.25) is 0 Å². The van der Waals surface area contributed by atoms with Crippen LogP contribution in [0.5, 0.6) is 5.75 Å². The fourth-order valence-corrected chi connectivity index (χ4v) is 3.83. The van der Waals surface area contributed by atoms with Gasteiger partial charge in [0.05, 0.1) is 17.4 Å². The van der Waals surface area contributed by atoms with Crippen LogP contribution in [0, 0.1) is 5.82 Å². The van der Waals surface area contributed by atoms with Crippen LogP contribution in [0.3, 0.4) is 0 Å². The lowest BCUT2D eigenvalue weighted by Crippen LogP contribution is -2.29. The fraction of sp³-hybridized carbons (Fsp3) is 0.240. The number of unbranched alkanes of at least 4 members (excludes halogenated alkanes) is 1. The van der Waals surface area contributed by atoms with E-state index in [9.17, 15) is 17.6 Å². The Morgan fingerprint density at radius 1 is 1.03 bits per heavy atom. The van der Waals surface area contributed by atoms with Gasteiger partial charge in [-0.05, 0) is 61.2 Å². The number of halogens is 1. The zero-order valence-corrected chi connectivity index (χ0v) is 19.1. The third-order valence-corrected chi connectivity index (χ3v) is 6.19. The lowest BCUT2D eigenvalue weighted by Gasteiger charge is -2.14. The van der Waals surface area contributed by atoms with Gasteiger partial charge in [-0.25, -0.2) is 17.9 Å². The van der Waals surface area contributed by atoms with E-state index < -0.39 is 15.9 Å². The minimum absolute atomic E-state index is 0.0290. The van der Waals surface area contributed by atoms with Crippen molar-refractivity contribution >= 4 is 15.9 Å². The van der Waals surface area contributed by atoms with E-state index in [1.807, 2.05) is 30.3 Å². The molecule has 1 amide bonds. The van der Waals surface area contributed by atoms with Gasteiger partial charge in [-0.15, -0.1) is 0 Å². The predicted octanol–water partition coefficient (Wildman–Crippen LogP) is 4.22. The molecule has 0 radical (unpaired) electrons. The Labute approximate surface area is 193 Å². The maximum Gasteiger partial charge on any atom is 0.238 e. The van der Waals surface area contributed by atoms with Crippen LogP contribution < -0.4 is 15.2 Å². The molecule has 0 aliphatic heterocycles. The Hall–Kier alpha value is -3.23. The molecule has 6 nitrogen and oxygen atoms in total. The van der Waals surface area contributed by atoms with E-state index in [4.69, 9.17) is 9.88 Å². The van der Waals surface area contributed by atoms with Crippen molar-refractivity contribution in [3.05, 3.63) is 84.2 Å². The van der Waals surface area contributed by atoms with Crippen LogP contribution in [0.4, 0.5) is 4.39 Å². The average molecular weight is 471 g/mol. The fourth-order valence-electron chi connectivity index (χ4n) is 3.31. The molecule has 3 N–H and O–H groups in total. The van der Waals surface area contributed by atoms with Gasteiger partial charge in [0.15, 0.2) is 0 Å². The lowest BCUT2D eigenvalue weighted by atomic mass is 9.96. The highest BCUT2D eigenvalue weighted by atomic mass is 32.2. The monoisotopic (exact) mass is 470 g/mol. The number of sulfonamides is 1. The van der Waals surface area contributed by atoms with Crippen molar-refractivity contribution in [3.8, 4) is 16.9 Å². The Bertz CT molecular complexity index is 1180. The molecule has 0 fully saturated rings. The van der Waals surface area contributed by atoms with Crippen molar-refractivity contribution < 1.29 is 22.3 Å². The number of nitrogens with one attached hydrogen (secondary N) is 1. The summed E-state index contributed by atoms with van der Waals surface area (Å²) in [5.74, 6) is -0.451. The summed E-state index contributed by atoms with van der Waals surface area (Å²) < 4.78 is 42.6. The van der Waals surface area contributed by atoms with Gasteiger partial charge in [0.1, 0.15) is 11.6 Å². The Kier molecular flexibility index (Phi) is 8.19. The lowest BCUT2D eigenvalue weighted by molar-refractivity contribution is -0.122. The molecule has 0 aliphatic carbocycles. The van der Waals surface area contributed by atoms with Gasteiger partial charge in [-0.3, -0.25) is 4.79 Å². The molecule has 0 aliphatic rings. The van der Waals surface area contributed by atoms with Crippen LogP contribution in [0.25, 0.3) is 11.1 Å². The van der Waals surface area contributed by atoms with Gasteiger partial charge in [0.25, 0.3) is 0 Å². The third kappa shape index (κ3) is 6.87. The average Bonchev–Trinajstić information content (AvgIpc) is 2.81. The molecule has 1 unspecified atom stereocenters. The number of carbonyl (C=O) groups excluding carboxylic acids is 1. The van der Waals surface area contributed by atoms with Gasteiger partial charge < -0.3 is 10.1 Å². The summed E-state index contributed by atoms with van der Waals surface area (Å²) in [4.78, 5) is 12.5. The van der Waals surface area contributed by atoms with Crippen LogP contribution in [0.1, 0.15) is 31.2 Å². The van der Waals surface area contributed by atoms with Crippen molar-refractivity contribution in [2.45, 2.75) is 30.6 Å². The normalized spacial score (nSPS) is 12.2. The first kappa shape index (κ1) is 24.4. The van der Waals surface area contributed by atoms with E-state index in [0.717, 1.165) is 5.56 Å². The van der Waals surface area contributed by atoms with E-state index in [-0.39, 0.29) is 16.6 Å². The molecule has 174 valence electrons. The number of benzene rings is 3. The highest BCUT2D eigenvalue weighted by Crippen LogP contribution is 2.26. The maximum absolute atomic E-state index is 14.6. The van der Waals surface area contributed by atoms with Crippen molar-refractivity contribution in [1.29, 1.82) is 0 Å². The molecule has 3 rings (SSSR count). The predicted molar refractivity (Wildman–Crippen MR) is 126 cm³/mol. The summed E-state index contributed by atoms with van der Waals surface area (Å²) in [7, 11) is -3.72. The van der Waals surface area contributed by atoms with Gasteiger partial charge in [0, 0.05) is 12.1 Å². The second-order valence-corrected chi connectivity index (χ2v) is 9.25. The molecule has 3 aromatic carbocycles. The summed E-state index contributed by atoms with van der Waals surface area (Å²) in [5, 5.41) is 7.93. The first-order valence-electron chi connectivity index (χ1n) is 10.6. The zero-order chi connectivity index (χ0) is 23.8. The Morgan fingerprint density at radius 3 is 2.36 bits per heavy atom. The summed E-state index contributed by atoms with van der Waals surface area (Å²) in [6.45, 7) is 2.65. The minimum atomic E-state index is -3.72. The second kappa shape index (κ2) is 11.1. The van der Waals surface area contributed by atoms with Gasteiger partial charge in [0.2, 0.25) is 15.9 Å². The zero-order valence-electron chi connectivity index (χ0n) is 18.3. The standard InChI is InChI=1S/C25H27FN2O4S/c1-18(20-9-14-23(24(26)17-20)19-7-3-2-4-8-19)25(29)28-15-5-6-16-32-21-10-12-22(13-11-21)33(27,30)31/h2-4,7-14,17-18H,5-6,15-16H2,1H3,(H,28,29)(H2,27,30,31). The van der Waals surface area contributed by atoms with Crippen molar-refractivity contribution in [2.24, 2.45) is 5.14 Å². The second-order valence-electron chi connectivity index (χ2n) is 7.69. The van der Waals surface area contributed by atoms with Gasteiger partial charge in [-0.1, -0.05) is 42.5 Å². The van der Waals surface area contributed by atoms with Crippen LogP contribution in [0.15, 0.2) is 77.7 Å². The molecule has 0 spiro atoms. The van der Waals surface area contributed by atoms with E-state index in [1.54, 1.807) is 31.2 Å². The van der Waals surface area contributed by atoms with Crippen LogP contribution in [-0.2, 0) is 14.8 Å². The number of rotatable bonds is 10. The number of hydrogen-bond donors (Lipinski definition) is 2. The molecule has 33 heavy (non-hydrogen) atoms. The molecule has 0 heterocycles. The molecule has 8 heteroatoms. The molecule has 0 saturated carbocycles. The number of amides is 1. The van der Waals surface area contributed by atoms with Crippen LogP contribution in [-0.4, -0.2) is 27.5 Å². The van der Waals surface area contributed by atoms with Crippen LogP contribution >= 0.6 is 0 Å². The van der Waals surface area contributed by atoms with Crippen molar-refractivity contribution in [1.82, 2.24) is 5.32 Å². The topological polar surface area (TPSA) is 98.5 Å². The highest BCUT2D eigenvalue weighted by Gasteiger charge is 2.17. The largest absolute Gasteiger partial charge is 0.494 e. The van der Waals surface area contributed by atoms with Gasteiger partial charge >= 0.3 is 0 Å². The Balaban J connectivity index is 1.41.